The highest BCUT2D eigenvalue weighted by atomic mass is 79.9. The summed E-state index contributed by atoms with van der Waals surface area (Å²) in [5.41, 5.74) is 2.52. The minimum atomic E-state index is 0.226. The van der Waals surface area contributed by atoms with Crippen molar-refractivity contribution in [2.24, 2.45) is 0 Å². The molecule has 1 fully saturated rings. The van der Waals surface area contributed by atoms with Gasteiger partial charge in [0, 0.05) is 10.2 Å². The van der Waals surface area contributed by atoms with Crippen LogP contribution in [0.15, 0.2) is 52.7 Å². The molecule has 2 N–H and O–H groups in total. The van der Waals surface area contributed by atoms with Crippen molar-refractivity contribution >= 4 is 28.4 Å². The molecule has 15 heavy (non-hydrogen) atoms. The molecule has 1 aromatic rings. The molecule has 0 radical (unpaired) electrons. The van der Waals surface area contributed by atoms with Crippen molar-refractivity contribution in [1.29, 1.82) is 0 Å². The van der Waals surface area contributed by atoms with Crippen LogP contribution in [0.1, 0.15) is 0 Å². The molecule has 1 aliphatic carbocycles. The van der Waals surface area contributed by atoms with Gasteiger partial charge in [0.05, 0.1) is 6.04 Å². The Bertz CT molecular complexity index is 456. The van der Waals surface area contributed by atoms with Gasteiger partial charge in [-0.1, -0.05) is 40.2 Å². The fraction of sp³-hybridized carbons (Fsp3) is 0.0909. The predicted molar refractivity (Wildman–Crippen MR) is 66.8 cm³/mol. The zero-order chi connectivity index (χ0) is 10.3. The van der Waals surface area contributed by atoms with Crippen LogP contribution < -0.4 is 15.9 Å². The third-order valence-electron chi connectivity index (χ3n) is 2.75. The zero-order valence-electron chi connectivity index (χ0n) is 8.07. The van der Waals surface area contributed by atoms with E-state index >= 15 is 0 Å². The number of nitrogens with one attached hydrogen (secondary N) is 2. The van der Waals surface area contributed by atoms with Crippen molar-refractivity contribution in [2.45, 2.75) is 6.04 Å². The number of allylic oxidation sites excluding steroid dienone is 2. The number of rotatable bonds is 1. The Morgan fingerprint density at radius 2 is 2.27 bits per heavy atom. The quantitative estimate of drug-likeness (QED) is 0.741. The van der Waals surface area contributed by atoms with Gasteiger partial charge in [-0.05, 0) is 23.7 Å². The van der Waals surface area contributed by atoms with Gasteiger partial charge in [-0.15, -0.1) is 0 Å². The van der Waals surface area contributed by atoms with Crippen LogP contribution in [0.5, 0.6) is 0 Å². The maximum Gasteiger partial charge on any atom is 0.373 e. The average Bonchev–Trinajstić information content (AvgIpc) is 2.76. The molecule has 0 spiro atoms. The zero-order valence-corrected chi connectivity index (χ0v) is 9.66. The molecule has 0 amide bonds. The fourth-order valence-corrected chi connectivity index (χ4v) is 2.43. The van der Waals surface area contributed by atoms with E-state index in [1.54, 1.807) is 0 Å². The fourth-order valence-electron chi connectivity index (χ4n) is 2.01. The number of halogens is 1. The molecule has 1 unspecified atom stereocenters. The van der Waals surface area contributed by atoms with E-state index in [-0.39, 0.29) is 6.98 Å². The molecule has 1 atom stereocenters. The third kappa shape index (κ3) is 1.64. The van der Waals surface area contributed by atoms with Crippen molar-refractivity contribution in [1.82, 2.24) is 10.5 Å². The lowest BCUT2D eigenvalue weighted by Gasteiger charge is -2.07. The molecular formula is C11H10BBrN2. The topological polar surface area (TPSA) is 24.1 Å². The number of hydrogen-bond donors (Lipinski definition) is 2. The van der Waals surface area contributed by atoms with E-state index < -0.39 is 0 Å². The van der Waals surface area contributed by atoms with Crippen LogP contribution in [0.2, 0.25) is 0 Å². The Hall–Kier alpha value is -0.995. The molecule has 0 saturated carbocycles. The Morgan fingerprint density at radius 1 is 1.33 bits per heavy atom. The first-order chi connectivity index (χ1) is 7.33. The monoisotopic (exact) mass is 260 g/mol. The van der Waals surface area contributed by atoms with Crippen LogP contribution in [0.3, 0.4) is 0 Å². The molecule has 2 aliphatic rings. The Kier molecular flexibility index (Phi) is 2.18. The first-order valence-corrected chi connectivity index (χ1v) is 5.79. The van der Waals surface area contributed by atoms with Crippen molar-refractivity contribution in [3.05, 3.63) is 52.7 Å². The molecule has 0 bridgehead atoms. The van der Waals surface area contributed by atoms with Gasteiger partial charge in [0.15, 0.2) is 0 Å². The highest BCUT2D eigenvalue weighted by Gasteiger charge is 2.32. The molecular weight excluding hydrogens is 251 g/mol. The number of benzene rings is 1. The largest absolute Gasteiger partial charge is 0.412 e. The van der Waals surface area contributed by atoms with Crippen LogP contribution in [0, 0.1) is 0 Å². The Labute approximate surface area is 97.7 Å². The van der Waals surface area contributed by atoms with Crippen molar-refractivity contribution in [3.8, 4) is 0 Å². The van der Waals surface area contributed by atoms with Crippen LogP contribution >= 0.6 is 15.9 Å². The van der Waals surface area contributed by atoms with E-state index in [2.05, 4.69) is 62.8 Å². The number of hydrogen-bond acceptors (Lipinski definition) is 2. The summed E-state index contributed by atoms with van der Waals surface area (Å²) in [5, 5.41) is 6.97. The second-order valence-electron chi connectivity index (χ2n) is 3.78. The summed E-state index contributed by atoms with van der Waals surface area (Å²) in [6.45, 7) is 0.226. The van der Waals surface area contributed by atoms with E-state index in [0.29, 0.717) is 6.04 Å². The predicted octanol–water partition coefficient (Wildman–Crippen LogP) is 1.16. The van der Waals surface area contributed by atoms with E-state index in [1.807, 2.05) is 6.07 Å². The highest BCUT2D eigenvalue weighted by molar-refractivity contribution is 9.10. The maximum absolute atomic E-state index is 3.51. The van der Waals surface area contributed by atoms with Gasteiger partial charge in [0.2, 0.25) is 0 Å². The molecule has 3 rings (SSSR count). The summed E-state index contributed by atoms with van der Waals surface area (Å²) >= 11 is 3.49. The van der Waals surface area contributed by atoms with E-state index in [4.69, 9.17) is 0 Å². The molecule has 2 nitrogen and oxygen atoms in total. The van der Waals surface area contributed by atoms with Gasteiger partial charge in [0.1, 0.15) is 0 Å². The lowest BCUT2D eigenvalue weighted by Crippen LogP contribution is -2.49. The maximum atomic E-state index is 3.51. The molecule has 0 aromatic heterocycles. The summed E-state index contributed by atoms with van der Waals surface area (Å²) < 4.78 is 1.12. The van der Waals surface area contributed by atoms with Gasteiger partial charge >= 0.3 is 6.98 Å². The molecule has 74 valence electrons. The second-order valence-corrected chi connectivity index (χ2v) is 4.70. The molecule has 1 saturated heterocycles. The van der Waals surface area contributed by atoms with E-state index in [0.717, 1.165) is 4.47 Å². The Morgan fingerprint density at radius 3 is 3.07 bits per heavy atom. The summed E-state index contributed by atoms with van der Waals surface area (Å²) in [6, 6.07) is 8.73. The first kappa shape index (κ1) is 9.25. The third-order valence-corrected chi connectivity index (χ3v) is 3.25. The normalized spacial score (nSPS) is 22.6. The average molecular weight is 261 g/mol. The summed E-state index contributed by atoms with van der Waals surface area (Å²) in [4.78, 5) is 0. The summed E-state index contributed by atoms with van der Waals surface area (Å²) in [7, 11) is 0. The van der Waals surface area contributed by atoms with Crippen molar-refractivity contribution in [2.75, 3.05) is 0 Å². The van der Waals surface area contributed by atoms with E-state index in [9.17, 15) is 0 Å². The highest BCUT2D eigenvalue weighted by Crippen LogP contribution is 2.14. The van der Waals surface area contributed by atoms with Gasteiger partial charge < -0.3 is 10.5 Å². The smallest absolute Gasteiger partial charge is 0.373 e. The molecule has 4 heteroatoms. The standard InChI is InChI=1S/C11H10BBrN2/c13-9-4-1-3-8(7-9)12-14-10-5-2-6-11(10)15-12/h1-7,10,14-15H. The van der Waals surface area contributed by atoms with Crippen molar-refractivity contribution in [3.63, 3.8) is 0 Å². The van der Waals surface area contributed by atoms with Gasteiger partial charge in [-0.25, -0.2) is 0 Å². The van der Waals surface area contributed by atoms with Gasteiger partial charge in [-0.2, -0.15) is 0 Å². The number of fused-ring (bicyclic) bond motifs is 1. The minimum Gasteiger partial charge on any atom is -0.412 e. The van der Waals surface area contributed by atoms with Crippen LogP contribution in [0.4, 0.5) is 0 Å². The second kappa shape index (κ2) is 3.54. The molecule has 1 aromatic carbocycles. The molecule has 1 heterocycles. The lowest BCUT2D eigenvalue weighted by atomic mass is 9.69. The lowest BCUT2D eigenvalue weighted by molar-refractivity contribution is 0.904. The SMILES string of the molecule is Brc1cccc(B2NC3=CC=CC3N2)c1. The van der Waals surface area contributed by atoms with Gasteiger partial charge in [0.25, 0.3) is 0 Å². The van der Waals surface area contributed by atoms with Crippen molar-refractivity contribution < 1.29 is 0 Å². The molecule has 1 aliphatic heterocycles. The Balaban J connectivity index is 1.86. The summed E-state index contributed by atoms with van der Waals surface area (Å²) in [6.07, 6.45) is 6.37. The first-order valence-electron chi connectivity index (χ1n) is 4.99. The summed E-state index contributed by atoms with van der Waals surface area (Å²) in [5.74, 6) is 0. The minimum absolute atomic E-state index is 0.226. The van der Waals surface area contributed by atoms with Crippen LogP contribution in [-0.2, 0) is 0 Å². The van der Waals surface area contributed by atoms with Crippen LogP contribution in [0.25, 0.3) is 0 Å². The van der Waals surface area contributed by atoms with Gasteiger partial charge in [-0.3, -0.25) is 0 Å². The van der Waals surface area contributed by atoms with Crippen LogP contribution in [-0.4, -0.2) is 13.0 Å². The van der Waals surface area contributed by atoms with E-state index in [1.165, 1.54) is 11.2 Å².